The van der Waals surface area contributed by atoms with Crippen molar-refractivity contribution < 1.29 is 14.0 Å². The molecular weight excluding hydrogens is 352 g/mol. The smallest absolute Gasteiger partial charge is 0.290 e. The second-order valence-electron chi connectivity index (χ2n) is 7.93. The molecule has 1 heterocycles. The first-order valence-electron chi connectivity index (χ1n) is 10.5. The highest BCUT2D eigenvalue weighted by atomic mass is 16.3. The number of rotatable bonds is 6. The van der Waals surface area contributed by atoms with Gasteiger partial charge >= 0.3 is 0 Å². The van der Waals surface area contributed by atoms with Crippen LogP contribution in [0.15, 0.2) is 53.1 Å². The molecule has 1 aromatic heterocycles. The molecule has 5 nitrogen and oxygen atoms in total. The number of carbonyl (C=O) groups excluding carboxylic acids is 2. The molecule has 1 atom stereocenters. The van der Waals surface area contributed by atoms with Crippen molar-refractivity contribution in [1.82, 2.24) is 10.2 Å². The van der Waals surface area contributed by atoms with Crippen molar-refractivity contribution >= 4 is 11.8 Å². The predicted molar refractivity (Wildman–Crippen MR) is 107 cm³/mol. The number of hydrogen-bond acceptors (Lipinski definition) is 3. The van der Waals surface area contributed by atoms with Gasteiger partial charge in [0.25, 0.3) is 5.91 Å². The molecule has 2 fully saturated rings. The Hall–Kier alpha value is -2.56. The van der Waals surface area contributed by atoms with E-state index in [0.717, 1.165) is 56.9 Å². The maximum Gasteiger partial charge on any atom is 0.290 e. The average Bonchev–Trinajstić information content (AvgIpc) is 3.49. The SMILES string of the molecule is O=C(NC1CCCC1)[C@@H](c1ccccc1)N(C(=O)c1ccco1)C1CCCC1. The molecular formula is C23H28N2O3. The number of furan rings is 1. The first kappa shape index (κ1) is 18.8. The molecule has 2 amide bonds. The van der Waals surface area contributed by atoms with Gasteiger partial charge in [0, 0.05) is 12.1 Å². The minimum absolute atomic E-state index is 0.0529. The second-order valence-corrected chi connectivity index (χ2v) is 7.93. The van der Waals surface area contributed by atoms with E-state index in [0.29, 0.717) is 5.76 Å². The largest absolute Gasteiger partial charge is 0.459 e. The van der Waals surface area contributed by atoms with Crippen LogP contribution in [0.1, 0.15) is 73.5 Å². The van der Waals surface area contributed by atoms with Gasteiger partial charge in [0.05, 0.1) is 6.26 Å². The monoisotopic (exact) mass is 380 g/mol. The highest BCUT2D eigenvalue weighted by molar-refractivity contribution is 5.96. The normalized spacial score (nSPS) is 18.9. The van der Waals surface area contributed by atoms with Gasteiger partial charge in [-0.25, -0.2) is 0 Å². The van der Waals surface area contributed by atoms with Gasteiger partial charge in [-0.3, -0.25) is 9.59 Å². The summed E-state index contributed by atoms with van der Waals surface area (Å²) in [6.07, 6.45) is 9.86. The predicted octanol–water partition coefficient (Wildman–Crippen LogP) is 4.46. The number of carbonyl (C=O) groups is 2. The summed E-state index contributed by atoms with van der Waals surface area (Å²) in [5, 5.41) is 3.22. The van der Waals surface area contributed by atoms with Crippen molar-refractivity contribution in [1.29, 1.82) is 0 Å². The van der Waals surface area contributed by atoms with E-state index < -0.39 is 6.04 Å². The fourth-order valence-electron chi connectivity index (χ4n) is 4.63. The lowest BCUT2D eigenvalue weighted by molar-refractivity contribution is -0.127. The molecule has 2 aromatic rings. The summed E-state index contributed by atoms with van der Waals surface area (Å²) in [6.45, 7) is 0. The Morgan fingerprint density at radius 3 is 2.25 bits per heavy atom. The summed E-state index contributed by atoms with van der Waals surface area (Å²) >= 11 is 0. The zero-order valence-corrected chi connectivity index (χ0v) is 16.2. The van der Waals surface area contributed by atoms with E-state index in [1.165, 1.54) is 6.26 Å². The highest BCUT2D eigenvalue weighted by Gasteiger charge is 2.39. The van der Waals surface area contributed by atoms with E-state index in [2.05, 4.69) is 5.32 Å². The Kier molecular flexibility index (Phi) is 5.79. The lowest BCUT2D eigenvalue weighted by Gasteiger charge is -2.36. The summed E-state index contributed by atoms with van der Waals surface area (Å²) in [6, 6.07) is 12.7. The van der Waals surface area contributed by atoms with Crippen molar-refractivity contribution in [2.45, 2.75) is 69.5 Å². The van der Waals surface area contributed by atoms with Gasteiger partial charge in [-0.2, -0.15) is 0 Å². The van der Waals surface area contributed by atoms with Crippen molar-refractivity contribution in [3.63, 3.8) is 0 Å². The number of nitrogens with zero attached hydrogens (tertiary/aromatic N) is 1. The van der Waals surface area contributed by atoms with Crippen molar-refractivity contribution in [3.8, 4) is 0 Å². The van der Waals surface area contributed by atoms with Crippen LogP contribution in [-0.2, 0) is 4.79 Å². The Morgan fingerprint density at radius 2 is 1.61 bits per heavy atom. The molecule has 0 aliphatic heterocycles. The summed E-state index contributed by atoms with van der Waals surface area (Å²) in [5.41, 5.74) is 0.852. The van der Waals surface area contributed by atoms with Crippen molar-refractivity contribution in [3.05, 3.63) is 60.1 Å². The van der Waals surface area contributed by atoms with E-state index >= 15 is 0 Å². The minimum Gasteiger partial charge on any atom is -0.459 e. The standard InChI is InChI=1S/C23H28N2O3/c26-22(24-18-11-4-5-12-18)21(17-9-2-1-3-10-17)25(19-13-6-7-14-19)23(27)20-15-8-16-28-20/h1-3,8-10,15-16,18-19,21H,4-7,11-14H2,(H,24,26)/t21-/m1/s1. The molecule has 0 unspecified atom stereocenters. The van der Waals surface area contributed by atoms with Gasteiger partial charge in [0.1, 0.15) is 6.04 Å². The first-order valence-corrected chi connectivity index (χ1v) is 10.5. The maximum absolute atomic E-state index is 13.4. The number of amides is 2. The van der Waals surface area contributed by atoms with Gasteiger partial charge in [-0.05, 0) is 43.4 Å². The fourth-order valence-corrected chi connectivity index (χ4v) is 4.63. The zero-order chi connectivity index (χ0) is 19.3. The maximum atomic E-state index is 13.4. The minimum atomic E-state index is -0.637. The van der Waals surface area contributed by atoms with Crippen molar-refractivity contribution in [2.75, 3.05) is 0 Å². The van der Waals surface area contributed by atoms with Crippen LogP contribution in [0.2, 0.25) is 0 Å². The third-order valence-corrected chi connectivity index (χ3v) is 6.03. The lowest BCUT2D eigenvalue weighted by atomic mass is 10.00. The third-order valence-electron chi connectivity index (χ3n) is 6.03. The molecule has 2 aliphatic rings. The van der Waals surface area contributed by atoms with Crippen LogP contribution in [0.3, 0.4) is 0 Å². The second kappa shape index (κ2) is 8.63. The summed E-state index contributed by atoms with van der Waals surface area (Å²) in [4.78, 5) is 28.6. The van der Waals surface area contributed by atoms with E-state index in [9.17, 15) is 9.59 Å². The van der Waals surface area contributed by atoms with Gasteiger partial charge in [-0.1, -0.05) is 56.0 Å². The molecule has 1 N–H and O–H groups in total. The molecule has 28 heavy (non-hydrogen) atoms. The molecule has 2 saturated carbocycles. The quantitative estimate of drug-likeness (QED) is 0.804. The molecule has 0 saturated heterocycles. The fraction of sp³-hybridized carbons (Fsp3) is 0.478. The lowest BCUT2D eigenvalue weighted by Crippen LogP contribution is -2.49. The number of nitrogens with one attached hydrogen (secondary N) is 1. The molecule has 2 aliphatic carbocycles. The third kappa shape index (κ3) is 3.98. The first-order chi connectivity index (χ1) is 13.7. The summed E-state index contributed by atoms with van der Waals surface area (Å²) in [5.74, 6) is 0.0127. The molecule has 0 spiro atoms. The average molecular weight is 380 g/mol. The summed E-state index contributed by atoms with van der Waals surface area (Å²) in [7, 11) is 0. The number of hydrogen-bond donors (Lipinski definition) is 1. The molecule has 4 rings (SSSR count). The zero-order valence-electron chi connectivity index (χ0n) is 16.2. The van der Waals surface area contributed by atoms with E-state index in [-0.39, 0.29) is 23.9 Å². The molecule has 1 aromatic carbocycles. The van der Waals surface area contributed by atoms with Crippen LogP contribution in [0, 0.1) is 0 Å². The van der Waals surface area contributed by atoms with E-state index in [4.69, 9.17) is 4.42 Å². The van der Waals surface area contributed by atoms with Gasteiger partial charge in [0.15, 0.2) is 5.76 Å². The van der Waals surface area contributed by atoms with Gasteiger partial charge in [0.2, 0.25) is 5.91 Å². The Morgan fingerprint density at radius 1 is 0.929 bits per heavy atom. The Labute approximate surface area is 166 Å². The van der Waals surface area contributed by atoms with Crippen LogP contribution >= 0.6 is 0 Å². The van der Waals surface area contributed by atoms with E-state index in [1.807, 2.05) is 30.3 Å². The highest BCUT2D eigenvalue weighted by Crippen LogP contribution is 2.33. The topological polar surface area (TPSA) is 62.6 Å². The van der Waals surface area contributed by atoms with Crippen LogP contribution < -0.4 is 5.32 Å². The van der Waals surface area contributed by atoms with E-state index in [1.54, 1.807) is 17.0 Å². The van der Waals surface area contributed by atoms with Crippen molar-refractivity contribution in [2.24, 2.45) is 0 Å². The molecule has 0 bridgehead atoms. The Bertz CT molecular complexity index is 775. The van der Waals surface area contributed by atoms with Crippen LogP contribution in [-0.4, -0.2) is 28.8 Å². The van der Waals surface area contributed by atoms with Gasteiger partial charge < -0.3 is 14.6 Å². The number of benzene rings is 1. The summed E-state index contributed by atoms with van der Waals surface area (Å²) < 4.78 is 5.41. The van der Waals surface area contributed by atoms with Gasteiger partial charge in [-0.15, -0.1) is 0 Å². The van der Waals surface area contributed by atoms with Crippen LogP contribution in [0.5, 0.6) is 0 Å². The molecule has 5 heteroatoms. The molecule has 0 radical (unpaired) electrons. The molecule has 148 valence electrons. The Balaban J connectivity index is 1.69. The van der Waals surface area contributed by atoms with Crippen LogP contribution in [0.25, 0.3) is 0 Å². The van der Waals surface area contributed by atoms with Crippen LogP contribution in [0.4, 0.5) is 0 Å².